The zero-order valence-electron chi connectivity index (χ0n) is 14.8. The fraction of sp³-hybridized carbons (Fsp3) is 0.333. The van der Waals surface area contributed by atoms with Gasteiger partial charge in [0.05, 0.1) is 22.0 Å². The Kier molecular flexibility index (Phi) is 4.98. The van der Waals surface area contributed by atoms with Crippen molar-refractivity contribution < 1.29 is 16.8 Å². The minimum Gasteiger partial charge on any atom is -0.279 e. The molecule has 1 aliphatic rings. The Bertz CT molecular complexity index is 1010. The SMILES string of the molecule is Cc1ccc(NS(=O)(=O)c2ccc(N3CCCCS3(=O)=O)cc2)c(C)c1. The predicted octanol–water partition coefficient (Wildman–Crippen LogP) is 3.03. The predicted molar refractivity (Wildman–Crippen MR) is 104 cm³/mol. The molecular formula is C18H22N2O4S2. The molecule has 6 nitrogen and oxygen atoms in total. The fourth-order valence-corrected chi connectivity index (χ4v) is 5.77. The quantitative estimate of drug-likeness (QED) is 0.864. The topological polar surface area (TPSA) is 83.6 Å². The third-order valence-corrected chi connectivity index (χ3v) is 7.66. The van der Waals surface area contributed by atoms with Crippen LogP contribution in [-0.4, -0.2) is 29.1 Å². The molecule has 26 heavy (non-hydrogen) atoms. The molecule has 0 unspecified atom stereocenters. The van der Waals surface area contributed by atoms with Gasteiger partial charge in [0.15, 0.2) is 0 Å². The van der Waals surface area contributed by atoms with Crippen LogP contribution in [0.2, 0.25) is 0 Å². The van der Waals surface area contributed by atoms with Gasteiger partial charge in [0.2, 0.25) is 10.0 Å². The maximum absolute atomic E-state index is 12.6. The molecule has 0 aliphatic carbocycles. The smallest absolute Gasteiger partial charge is 0.261 e. The van der Waals surface area contributed by atoms with E-state index >= 15 is 0 Å². The molecule has 3 rings (SSSR count). The lowest BCUT2D eigenvalue weighted by Gasteiger charge is -2.28. The molecule has 1 heterocycles. The second kappa shape index (κ2) is 6.92. The van der Waals surface area contributed by atoms with E-state index in [-0.39, 0.29) is 10.6 Å². The Labute approximate surface area is 155 Å². The number of benzene rings is 2. The molecular weight excluding hydrogens is 372 g/mol. The van der Waals surface area contributed by atoms with Crippen LogP contribution in [0.1, 0.15) is 24.0 Å². The average molecular weight is 395 g/mol. The van der Waals surface area contributed by atoms with Crippen LogP contribution < -0.4 is 9.03 Å². The normalized spacial score (nSPS) is 17.1. The summed E-state index contributed by atoms with van der Waals surface area (Å²) in [6, 6.07) is 11.4. The highest BCUT2D eigenvalue weighted by Gasteiger charge is 2.26. The lowest BCUT2D eigenvalue weighted by Crippen LogP contribution is -2.37. The Morgan fingerprint density at radius 1 is 1.00 bits per heavy atom. The molecule has 0 radical (unpaired) electrons. The average Bonchev–Trinajstić information content (AvgIpc) is 2.57. The Balaban J connectivity index is 1.85. The maximum atomic E-state index is 12.6. The molecule has 0 bridgehead atoms. The van der Waals surface area contributed by atoms with E-state index in [1.54, 1.807) is 18.2 Å². The second-order valence-electron chi connectivity index (χ2n) is 6.51. The number of sulfonamides is 2. The molecule has 2 aromatic carbocycles. The summed E-state index contributed by atoms with van der Waals surface area (Å²) in [7, 11) is -7.06. The molecule has 0 atom stereocenters. The van der Waals surface area contributed by atoms with Crippen LogP contribution in [0.5, 0.6) is 0 Å². The van der Waals surface area contributed by atoms with Crippen LogP contribution in [-0.2, 0) is 20.0 Å². The first-order chi connectivity index (χ1) is 12.2. The van der Waals surface area contributed by atoms with Crippen molar-refractivity contribution >= 4 is 31.4 Å². The third kappa shape index (κ3) is 3.86. The van der Waals surface area contributed by atoms with E-state index in [1.165, 1.54) is 16.4 Å². The summed E-state index contributed by atoms with van der Waals surface area (Å²) < 4.78 is 53.5. The van der Waals surface area contributed by atoms with Crippen LogP contribution in [0.15, 0.2) is 47.4 Å². The van der Waals surface area contributed by atoms with E-state index in [1.807, 2.05) is 26.0 Å². The van der Waals surface area contributed by atoms with Crippen molar-refractivity contribution in [3.05, 3.63) is 53.6 Å². The van der Waals surface area contributed by atoms with Gasteiger partial charge in [-0.25, -0.2) is 16.8 Å². The van der Waals surface area contributed by atoms with E-state index in [2.05, 4.69) is 4.72 Å². The van der Waals surface area contributed by atoms with Crippen molar-refractivity contribution in [1.29, 1.82) is 0 Å². The van der Waals surface area contributed by atoms with Gasteiger partial charge in [0, 0.05) is 6.54 Å². The van der Waals surface area contributed by atoms with Crippen molar-refractivity contribution in [2.24, 2.45) is 0 Å². The number of aryl methyl sites for hydroxylation is 2. The van der Waals surface area contributed by atoms with Crippen LogP contribution in [0.4, 0.5) is 11.4 Å². The van der Waals surface area contributed by atoms with Crippen LogP contribution in [0, 0.1) is 13.8 Å². The summed E-state index contributed by atoms with van der Waals surface area (Å²) in [6.45, 7) is 4.21. The minimum atomic E-state index is -3.74. The molecule has 1 fully saturated rings. The van der Waals surface area contributed by atoms with Crippen molar-refractivity contribution in [3.63, 3.8) is 0 Å². The molecule has 1 aliphatic heterocycles. The van der Waals surface area contributed by atoms with E-state index in [4.69, 9.17) is 0 Å². The van der Waals surface area contributed by atoms with Gasteiger partial charge in [-0.05, 0) is 62.6 Å². The van der Waals surface area contributed by atoms with E-state index < -0.39 is 20.0 Å². The zero-order valence-corrected chi connectivity index (χ0v) is 16.4. The first-order valence-electron chi connectivity index (χ1n) is 8.40. The highest BCUT2D eigenvalue weighted by molar-refractivity contribution is 7.93. The van der Waals surface area contributed by atoms with Crippen molar-refractivity contribution in [1.82, 2.24) is 0 Å². The number of nitrogens with zero attached hydrogens (tertiary/aromatic N) is 1. The largest absolute Gasteiger partial charge is 0.279 e. The number of rotatable bonds is 4. The first-order valence-corrected chi connectivity index (χ1v) is 11.5. The van der Waals surface area contributed by atoms with Gasteiger partial charge in [-0.3, -0.25) is 9.03 Å². The Morgan fingerprint density at radius 3 is 2.31 bits per heavy atom. The van der Waals surface area contributed by atoms with Gasteiger partial charge in [-0.1, -0.05) is 17.7 Å². The molecule has 140 valence electrons. The molecule has 1 saturated heterocycles. The van der Waals surface area contributed by atoms with Gasteiger partial charge in [0.25, 0.3) is 10.0 Å². The molecule has 0 aromatic heterocycles. The van der Waals surface area contributed by atoms with E-state index in [0.29, 0.717) is 24.3 Å². The van der Waals surface area contributed by atoms with E-state index in [0.717, 1.165) is 17.5 Å². The van der Waals surface area contributed by atoms with Crippen molar-refractivity contribution in [2.45, 2.75) is 31.6 Å². The molecule has 2 aromatic rings. The molecule has 0 spiro atoms. The van der Waals surface area contributed by atoms with Crippen molar-refractivity contribution in [3.8, 4) is 0 Å². The molecule has 8 heteroatoms. The lowest BCUT2D eigenvalue weighted by atomic mass is 10.1. The van der Waals surface area contributed by atoms with Crippen LogP contribution >= 0.6 is 0 Å². The highest BCUT2D eigenvalue weighted by Crippen LogP contribution is 2.26. The molecule has 0 amide bonds. The molecule has 1 N–H and O–H groups in total. The monoisotopic (exact) mass is 394 g/mol. The van der Waals surface area contributed by atoms with Gasteiger partial charge < -0.3 is 0 Å². The first kappa shape index (κ1) is 18.7. The summed E-state index contributed by atoms with van der Waals surface area (Å²) >= 11 is 0. The molecule has 0 saturated carbocycles. The number of anilines is 2. The number of hydrogen-bond donors (Lipinski definition) is 1. The summed E-state index contributed by atoms with van der Waals surface area (Å²) in [6.07, 6.45) is 1.46. The third-order valence-electron chi connectivity index (χ3n) is 4.41. The van der Waals surface area contributed by atoms with Gasteiger partial charge in [-0.2, -0.15) is 0 Å². The Morgan fingerprint density at radius 2 is 1.69 bits per heavy atom. The lowest BCUT2D eigenvalue weighted by molar-refractivity contribution is 0.574. The van der Waals surface area contributed by atoms with Crippen LogP contribution in [0.3, 0.4) is 0 Å². The van der Waals surface area contributed by atoms with Crippen LogP contribution in [0.25, 0.3) is 0 Å². The summed E-state index contributed by atoms with van der Waals surface area (Å²) in [5.74, 6) is 0.126. The summed E-state index contributed by atoms with van der Waals surface area (Å²) in [4.78, 5) is 0.0932. The number of hydrogen-bond acceptors (Lipinski definition) is 4. The number of nitrogens with one attached hydrogen (secondary N) is 1. The zero-order chi connectivity index (χ0) is 18.9. The summed E-state index contributed by atoms with van der Waals surface area (Å²) in [5, 5.41) is 0. The van der Waals surface area contributed by atoms with Gasteiger partial charge in [-0.15, -0.1) is 0 Å². The maximum Gasteiger partial charge on any atom is 0.261 e. The fourth-order valence-electron chi connectivity index (χ4n) is 3.00. The Hall–Kier alpha value is -2.06. The minimum absolute atomic E-state index is 0.0932. The highest BCUT2D eigenvalue weighted by atomic mass is 32.2. The van der Waals surface area contributed by atoms with Crippen molar-refractivity contribution in [2.75, 3.05) is 21.3 Å². The standard InChI is InChI=1S/C18H22N2O4S2/c1-14-5-10-18(15(2)13-14)19-26(23,24)17-8-6-16(7-9-17)20-11-3-4-12-25(20,21)22/h5-10,13,19H,3-4,11-12H2,1-2H3. The second-order valence-corrected chi connectivity index (χ2v) is 10.2. The van der Waals surface area contributed by atoms with Gasteiger partial charge in [0.1, 0.15) is 0 Å². The van der Waals surface area contributed by atoms with E-state index in [9.17, 15) is 16.8 Å². The van der Waals surface area contributed by atoms with Gasteiger partial charge >= 0.3 is 0 Å². The summed E-state index contributed by atoms with van der Waals surface area (Å²) in [5.41, 5.74) is 2.91.